The van der Waals surface area contributed by atoms with E-state index in [1.54, 1.807) is 6.20 Å². The first-order valence-corrected chi connectivity index (χ1v) is 6.90. The normalized spacial score (nSPS) is 26.3. The third-order valence-corrected chi connectivity index (χ3v) is 4.12. The number of aliphatic hydroxyl groups is 1. The number of hydrogen-bond donors (Lipinski definition) is 1. The molecule has 1 atom stereocenters. The Morgan fingerprint density at radius 3 is 2.78 bits per heavy atom. The first-order chi connectivity index (χ1) is 8.53. The Balaban J connectivity index is 2.19. The van der Waals surface area contributed by atoms with Crippen LogP contribution < -0.4 is 0 Å². The van der Waals surface area contributed by atoms with Gasteiger partial charge in [0.1, 0.15) is 0 Å². The highest BCUT2D eigenvalue weighted by atomic mass is 16.3. The summed E-state index contributed by atoms with van der Waals surface area (Å²) in [6, 6.07) is 2.54. The molecule has 1 fully saturated rings. The summed E-state index contributed by atoms with van der Waals surface area (Å²) < 4.78 is 0. The molecule has 1 aliphatic rings. The molecule has 1 saturated heterocycles. The molecule has 0 spiro atoms. The molecule has 2 rings (SSSR count). The van der Waals surface area contributed by atoms with Gasteiger partial charge in [-0.25, -0.2) is 0 Å². The van der Waals surface area contributed by atoms with E-state index in [-0.39, 0.29) is 0 Å². The van der Waals surface area contributed by atoms with E-state index in [4.69, 9.17) is 0 Å². The van der Waals surface area contributed by atoms with E-state index in [2.05, 4.69) is 30.7 Å². The van der Waals surface area contributed by atoms with Gasteiger partial charge in [0.15, 0.2) is 0 Å². The van der Waals surface area contributed by atoms with Gasteiger partial charge >= 0.3 is 0 Å². The molecule has 100 valence electrons. The minimum Gasteiger partial charge on any atom is -0.385 e. The Kier molecular flexibility index (Phi) is 4.03. The van der Waals surface area contributed by atoms with Crippen LogP contribution in [0, 0.1) is 6.92 Å². The van der Waals surface area contributed by atoms with Gasteiger partial charge in [-0.05, 0) is 58.2 Å². The first kappa shape index (κ1) is 13.5. The smallest absolute Gasteiger partial charge is 0.0926 e. The lowest BCUT2D eigenvalue weighted by Gasteiger charge is -2.29. The van der Waals surface area contributed by atoms with Crippen molar-refractivity contribution >= 4 is 0 Å². The molecule has 0 bridgehead atoms. The molecule has 0 amide bonds. The molecule has 0 aromatic carbocycles. The fraction of sp³-hybridized carbons (Fsp3) is 0.667. The van der Waals surface area contributed by atoms with Crippen molar-refractivity contribution in [1.82, 2.24) is 9.88 Å². The summed E-state index contributed by atoms with van der Waals surface area (Å²) in [5.74, 6) is 0. The van der Waals surface area contributed by atoms with Crippen LogP contribution in [0.15, 0.2) is 18.5 Å². The van der Waals surface area contributed by atoms with Crippen LogP contribution in [0.3, 0.4) is 0 Å². The van der Waals surface area contributed by atoms with Crippen molar-refractivity contribution < 1.29 is 5.11 Å². The van der Waals surface area contributed by atoms with Gasteiger partial charge < -0.3 is 10.0 Å². The predicted molar refractivity (Wildman–Crippen MR) is 73.4 cm³/mol. The molecule has 0 radical (unpaired) electrons. The molecule has 3 heteroatoms. The average Bonchev–Trinajstić information content (AvgIpc) is 2.52. The molecule has 2 heterocycles. The van der Waals surface area contributed by atoms with Crippen LogP contribution in [-0.2, 0) is 5.60 Å². The van der Waals surface area contributed by atoms with Crippen molar-refractivity contribution in [2.45, 2.75) is 51.7 Å². The van der Waals surface area contributed by atoms with Gasteiger partial charge in [-0.1, -0.05) is 0 Å². The minimum atomic E-state index is -0.692. The van der Waals surface area contributed by atoms with Crippen molar-refractivity contribution in [3.8, 4) is 0 Å². The third-order valence-electron chi connectivity index (χ3n) is 4.12. The Bertz CT molecular complexity index is 405. The van der Waals surface area contributed by atoms with Crippen molar-refractivity contribution in [3.63, 3.8) is 0 Å². The standard InChI is InChI=1S/C15H24N2O/c1-12(2)17-9-4-6-15(18,7-10-17)14-11-16-8-5-13(14)3/h5,8,11-12,18H,4,6-7,9-10H2,1-3H3. The van der Waals surface area contributed by atoms with Crippen molar-refractivity contribution in [1.29, 1.82) is 0 Å². The van der Waals surface area contributed by atoms with Gasteiger partial charge in [0.25, 0.3) is 0 Å². The molecular formula is C15H24N2O. The highest BCUT2D eigenvalue weighted by Crippen LogP contribution is 2.34. The van der Waals surface area contributed by atoms with E-state index >= 15 is 0 Å². The van der Waals surface area contributed by atoms with Crippen LogP contribution in [-0.4, -0.2) is 34.1 Å². The maximum atomic E-state index is 10.9. The molecule has 1 aromatic heterocycles. The van der Waals surface area contributed by atoms with Crippen molar-refractivity contribution in [2.24, 2.45) is 0 Å². The Morgan fingerprint density at radius 1 is 1.33 bits per heavy atom. The first-order valence-electron chi connectivity index (χ1n) is 6.90. The van der Waals surface area contributed by atoms with E-state index in [1.807, 2.05) is 12.3 Å². The van der Waals surface area contributed by atoms with Gasteiger partial charge in [0.2, 0.25) is 0 Å². The monoisotopic (exact) mass is 248 g/mol. The largest absolute Gasteiger partial charge is 0.385 e. The molecule has 18 heavy (non-hydrogen) atoms. The van der Waals surface area contributed by atoms with Gasteiger partial charge in [0.05, 0.1) is 5.60 Å². The molecule has 1 unspecified atom stereocenters. The van der Waals surface area contributed by atoms with E-state index in [1.165, 1.54) is 0 Å². The average molecular weight is 248 g/mol. The van der Waals surface area contributed by atoms with E-state index < -0.39 is 5.60 Å². The Hall–Kier alpha value is -0.930. The second-order valence-corrected chi connectivity index (χ2v) is 5.71. The molecular weight excluding hydrogens is 224 g/mol. The van der Waals surface area contributed by atoms with Crippen molar-refractivity contribution in [3.05, 3.63) is 29.6 Å². The molecule has 1 aliphatic heterocycles. The summed E-state index contributed by atoms with van der Waals surface area (Å²) in [5.41, 5.74) is 1.46. The number of pyridine rings is 1. The number of hydrogen-bond acceptors (Lipinski definition) is 3. The van der Waals surface area contributed by atoms with Gasteiger partial charge in [-0.2, -0.15) is 0 Å². The highest BCUT2D eigenvalue weighted by molar-refractivity contribution is 5.28. The summed E-state index contributed by atoms with van der Waals surface area (Å²) in [4.78, 5) is 6.63. The van der Waals surface area contributed by atoms with Gasteiger partial charge in [-0.3, -0.25) is 4.98 Å². The van der Waals surface area contributed by atoms with Crippen molar-refractivity contribution in [2.75, 3.05) is 13.1 Å². The van der Waals surface area contributed by atoms with E-state index in [9.17, 15) is 5.11 Å². The molecule has 0 saturated carbocycles. The fourth-order valence-electron chi connectivity index (χ4n) is 2.88. The number of likely N-dealkylation sites (tertiary alicyclic amines) is 1. The summed E-state index contributed by atoms with van der Waals surface area (Å²) in [7, 11) is 0. The maximum Gasteiger partial charge on any atom is 0.0926 e. The van der Waals surface area contributed by atoms with Crippen LogP contribution in [0.25, 0.3) is 0 Å². The number of aryl methyl sites for hydroxylation is 1. The SMILES string of the molecule is Cc1ccncc1C1(O)CCCN(C(C)C)CC1. The fourth-order valence-corrected chi connectivity index (χ4v) is 2.88. The zero-order valence-corrected chi connectivity index (χ0v) is 11.7. The summed E-state index contributed by atoms with van der Waals surface area (Å²) in [6.07, 6.45) is 6.31. The summed E-state index contributed by atoms with van der Waals surface area (Å²) in [5, 5.41) is 10.9. The minimum absolute atomic E-state index is 0.558. The van der Waals surface area contributed by atoms with Gasteiger partial charge in [-0.15, -0.1) is 0 Å². The second-order valence-electron chi connectivity index (χ2n) is 5.71. The quantitative estimate of drug-likeness (QED) is 0.873. The molecule has 3 nitrogen and oxygen atoms in total. The number of nitrogens with zero attached hydrogens (tertiary/aromatic N) is 2. The number of aromatic nitrogens is 1. The van der Waals surface area contributed by atoms with Crippen LogP contribution in [0.2, 0.25) is 0 Å². The predicted octanol–water partition coefficient (Wildman–Crippen LogP) is 2.47. The number of rotatable bonds is 2. The highest BCUT2D eigenvalue weighted by Gasteiger charge is 2.33. The van der Waals surface area contributed by atoms with Crippen LogP contribution in [0.4, 0.5) is 0 Å². The molecule has 0 aliphatic carbocycles. The van der Waals surface area contributed by atoms with E-state index in [0.717, 1.165) is 43.5 Å². The van der Waals surface area contributed by atoms with Gasteiger partial charge in [0, 0.05) is 30.5 Å². The topological polar surface area (TPSA) is 36.4 Å². The second kappa shape index (κ2) is 5.37. The van der Waals surface area contributed by atoms with E-state index in [0.29, 0.717) is 6.04 Å². The molecule has 1 N–H and O–H groups in total. The summed E-state index contributed by atoms with van der Waals surface area (Å²) in [6.45, 7) is 8.54. The lowest BCUT2D eigenvalue weighted by Crippen LogP contribution is -2.33. The Morgan fingerprint density at radius 2 is 2.11 bits per heavy atom. The zero-order valence-electron chi connectivity index (χ0n) is 11.7. The van der Waals surface area contributed by atoms with Crippen LogP contribution in [0.5, 0.6) is 0 Å². The molecule has 1 aromatic rings. The maximum absolute atomic E-state index is 10.9. The van der Waals surface area contributed by atoms with Crippen LogP contribution in [0.1, 0.15) is 44.2 Å². The lowest BCUT2D eigenvalue weighted by molar-refractivity contribution is 0.0195. The van der Waals surface area contributed by atoms with Crippen LogP contribution >= 0.6 is 0 Å². The lowest BCUT2D eigenvalue weighted by atomic mass is 9.85. The summed E-state index contributed by atoms with van der Waals surface area (Å²) >= 11 is 0. The zero-order chi connectivity index (χ0) is 13.2. The Labute approximate surface area is 110 Å². The third kappa shape index (κ3) is 2.73.